The zero-order valence-electron chi connectivity index (χ0n) is 15.9. The molecule has 6 nitrogen and oxygen atoms in total. The van der Waals surface area contributed by atoms with Gasteiger partial charge in [-0.2, -0.15) is 0 Å². The predicted octanol–water partition coefficient (Wildman–Crippen LogP) is 2.78. The van der Waals surface area contributed by atoms with Gasteiger partial charge in [0.25, 0.3) is 5.91 Å². The highest BCUT2D eigenvalue weighted by Crippen LogP contribution is 2.29. The summed E-state index contributed by atoms with van der Waals surface area (Å²) in [5.74, 6) is 1.53. The molecule has 1 saturated heterocycles. The number of nitrogens with zero attached hydrogens (tertiary/aromatic N) is 3. The molecule has 1 N–H and O–H groups in total. The summed E-state index contributed by atoms with van der Waals surface area (Å²) in [4.78, 5) is 22.6. The molecule has 1 amide bonds. The maximum Gasteiger partial charge on any atom is 0.263 e. The van der Waals surface area contributed by atoms with Gasteiger partial charge in [0.1, 0.15) is 10.6 Å². The molecule has 0 radical (unpaired) electrons. The molecular formula is C19H28N4O2S. The second kappa shape index (κ2) is 8.79. The maximum absolute atomic E-state index is 12.5. The summed E-state index contributed by atoms with van der Waals surface area (Å²) in [5.41, 5.74) is 0.757. The number of piperazine rings is 1. The van der Waals surface area contributed by atoms with Crippen molar-refractivity contribution in [3.63, 3.8) is 0 Å². The molecule has 1 fully saturated rings. The Bertz CT molecular complexity index is 732. The fourth-order valence-electron chi connectivity index (χ4n) is 3.18. The number of likely N-dealkylation sites (N-methyl/N-ethyl adjacent to an activating group) is 1. The second-order valence-electron chi connectivity index (χ2n) is 6.73. The average Bonchev–Trinajstić information content (AvgIpc) is 3.25. The Balaban J connectivity index is 1.45. The van der Waals surface area contributed by atoms with E-state index in [-0.39, 0.29) is 5.91 Å². The lowest BCUT2D eigenvalue weighted by Crippen LogP contribution is -2.46. The molecule has 7 heteroatoms. The molecule has 0 saturated carbocycles. The molecule has 2 aromatic rings. The predicted molar refractivity (Wildman–Crippen MR) is 105 cm³/mol. The molecular weight excluding hydrogens is 348 g/mol. The number of aryl methyl sites for hydroxylation is 2. The Hall–Kier alpha value is -1.70. The van der Waals surface area contributed by atoms with Crippen LogP contribution in [0.15, 0.2) is 16.5 Å². The van der Waals surface area contributed by atoms with Crippen LogP contribution in [0.25, 0.3) is 10.8 Å². The molecule has 26 heavy (non-hydrogen) atoms. The number of aromatic nitrogens is 1. The Morgan fingerprint density at radius 1 is 1.23 bits per heavy atom. The van der Waals surface area contributed by atoms with E-state index in [2.05, 4.69) is 27.0 Å². The third-order valence-electron chi connectivity index (χ3n) is 4.80. The molecule has 0 unspecified atom stereocenters. The van der Waals surface area contributed by atoms with Crippen molar-refractivity contribution < 1.29 is 9.21 Å². The van der Waals surface area contributed by atoms with Crippen LogP contribution in [0.1, 0.15) is 34.5 Å². The number of furan rings is 1. The van der Waals surface area contributed by atoms with E-state index >= 15 is 0 Å². The highest BCUT2D eigenvalue weighted by atomic mass is 32.1. The Labute approximate surface area is 159 Å². The SMILES string of the molecule is CCN1CCN(CCCNC(=O)c2sc(-c3ccc(C)o3)nc2C)CC1. The summed E-state index contributed by atoms with van der Waals surface area (Å²) in [5, 5.41) is 3.79. The monoisotopic (exact) mass is 376 g/mol. The minimum atomic E-state index is -0.0367. The summed E-state index contributed by atoms with van der Waals surface area (Å²) in [6.07, 6.45) is 0.972. The Kier molecular flexibility index (Phi) is 6.45. The molecule has 142 valence electrons. The van der Waals surface area contributed by atoms with Gasteiger partial charge in [-0.3, -0.25) is 4.79 Å². The molecule has 3 heterocycles. The molecule has 0 spiro atoms. The molecule has 0 aromatic carbocycles. The summed E-state index contributed by atoms with van der Waals surface area (Å²) >= 11 is 1.39. The maximum atomic E-state index is 12.5. The fourth-order valence-corrected chi connectivity index (χ4v) is 4.12. The van der Waals surface area contributed by atoms with E-state index in [9.17, 15) is 4.79 Å². The number of thiazole rings is 1. The van der Waals surface area contributed by atoms with Gasteiger partial charge in [0.15, 0.2) is 10.8 Å². The average molecular weight is 377 g/mol. The van der Waals surface area contributed by atoms with Crippen molar-refractivity contribution in [3.8, 4) is 10.8 Å². The highest BCUT2D eigenvalue weighted by molar-refractivity contribution is 7.17. The van der Waals surface area contributed by atoms with E-state index in [1.807, 2.05) is 26.0 Å². The summed E-state index contributed by atoms with van der Waals surface area (Å²) in [7, 11) is 0. The first-order valence-electron chi connectivity index (χ1n) is 9.34. The van der Waals surface area contributed by atoms with Crippen molar-refractivity contribution in [1.82, 2.24) is 20.1 Å². The first-order valence-corrected chi connectivity index (χ1v) is 10.2. The van der Waals surface area contributed by atoms with Crippen LogP contribution in [0.3, 0.4) is 0 Å². The number of hydrogen-bond acceptors (Lipinski definition) is 6. The lowest BCUT2D eigenvalue weighted by atomic mass is 10.3. The summed E-state index contributed by atoms with van der Waals surface area (Å²) in [6.45, 7) is 13.4. The molecule has 3 rings (SSSR count). The zero-order chi connectivity index (χ0) is 18.5. The number of carbonyl (C=O) groups is 1. The van der Waals surface area contributed by atoms with Crippen LogP contribution in [-0.2, 0) is 0 Å². The van der Waals surface area contributed by atoms with Crippen molar-refractivity contribution >= 4 is 17.2 Å². The Morgan fingerprint density at radius 2 is 1.96 bits per heavy atom. The summed E-state index contributed by atoms with van der Waals surface area (Å²) in [6, 6.07) is 3.81. The third-order valence-corrected chi connectivity index (χ3v) is 5.97. The van der Waals surface area contributed by atoms with Crippen LogP contribution < -0.4 is 5.32 Å². The van der Waals surface area contributed by atoms with Crippen LogP contribution in [0.4, 0.5) is 0 Å². The van der Waals surface area contributed by atoms with Gasteiger partial charge in [-0.25, -0.2) is 4.98 Å². The number of nitrogens with one attached hydrogen (secondary N) is 1. The minimum Gasteiger partial charge on any atom is -0.459 e. The van der Waals surface area contributed by atoms with Crippen LogP contribution >= 0.6 is 11.3 Å². The molecule has 0 aliphatic carbocycles. The number of rotatable bonds is 7. The Morgan fingerprint density at radius 3 is 2.62 bits per heavy atom. The van der Waals surface area contributed by atoms with E-state index < -0.39 is 0 Å². The van der Waals surface area contributed by atoms with Gasteiger partial charge in [0, 0.05) is 32.7 Å². The van der Waals surface area contributed by atoms with E-state index in [0.717, 1.165) is 67.9 Å². The van der Waals surface area contributed by atoms with Gasteiger partial charge in [0.05, 0.1) is 5.69 Å². The fraction of sp³-hybridized carbons (Fsp3) is 0.579. The molecule has 2 aromatic heterocycles. The third kappa shape index (κ3) is 4.72. The van der Waals surface area contributed by atoms with E-state index in [1.54, 1.807) is 0 Å². The standard InChI is InChI=1S/C19H28N4O2S/c1-4-22-10-12-23(13-11-22)9-5-8-20-18(24)17-15(3)21-19(26-17)16-7-6-14(2)25-16/h6-7H,4-5,8-13H2,1-3H3,(H,20,24). The van der Waals surface area contributed by atoms with Gasteiger partial charge in [0.2, 0.25) is 0 Å². The molecule has 0 atom stereocenters. The van der Waals surface area contributed by atoms with Crippen molar-refractivity contribution in [2.75, 3.05) is 45.8 Å². The zero-order valence-corrected chi connectivity index (χ0v) is 16.7. The second-order valence-corrected chi connectivity index (χ2v) is 7.73. The minimum absolute atomic E-state index is 0.0367. The van der Waals surface area contributed by atoms with Crippen LogP contribution in [0.2, 0.25) is 0 Å². The lowest BCUT2D eigenvalue weighted by molar-refractivity contribution is 0.0951. The number of hydrogen-bond donors (Lipinski definition) is 1. The number of amides is 1. The first kappa shape index (κ1) is 19.1. The van der Waals surface area contributed by atoms with E-state index in [1.165, 1.54) is 11.3 Å². The van der Waals surface area contributed by atoms with Crippen molar-refractivity contribution in [2.24, 2.45) is 0 Å². The quantitative estimate of drug-likeness (QED) is 0.753. The van der Waals surface area contributed by atoms with Crippen molar-refractivity contribution in [2.45, 2.75) is 27.2 Å². The largest absolute Gasteiger partial charge is 0.459 e. The number of carbonyl (C=O) groups excluding carboxylic acids is 1. The lowest BCUT2D eigenvalue weighted by Gasteiger charge is -2.33. The highest BCUT2D eigenvalue weighted by Gasteiger charge is 2.18. The van der Waals surface area contributed by atoms with E-state index in [4.69, 9.17) is 4.42 Å². The molecule has 1 aliphatic heterocycles. The van der Waals surface area contributed by atoms with Crippen molar-refractivity contribution in [3.05, 3.63) is 28.5 Å². The smallest absolute Gasteiger partial charge is 0.263 e. The van der Waals surface area contributed by atoms with Gasteiger partial charge in [-0.15, -0.1) is 11.3 Å². The van der Waals surface area contributed by atoms with Crippen LogP contribution in [-0.4, -0.2) is 66.5 Å². The molecule has 0 bridgehead atoms. The van der Waals surface area contributed by atoms with Crippen LogP contribution in [0.5, 0.6) is 0 Å². The first-order chi connectivity index (χ1) is 12.6. The normalized spacial score (nSPS) is 16.1. The van der Waals surface area contributed by atoms with Gasteiger partial charge < -0.3 is 19.5 Å². The summed E-state index contributed by atoms with van der Waals surface area (Å²) < 4.78 is 5.61. The topological polar surface area (TPSA) is 61.6 Å². The van der Waals surface area contributed by atoms with Crippen molar-refractivity contribution in [1.29, 1.82) is 0 Å². The van der Waals surface area contributed by atoms with Gasteiger partial charge in [-0.05, 0) is 45.5 Å². The van der Waals surface area contributed by atoms with Crippen LogP contribution in [0, 0.1) is 13.8 Å². The van der Waals surface area contributed by atoms with E-state index in [0.29, 0.717) is 11.4 Å². The molecule has 1 aliphatic rings. The van der Waals surface area contributed by atoms with Gasteiger partial charge >= 0.3 is 0 Å². The van der Waals surface area contributed by atoms with Gasteiger partial charge in [-0.1, -0.05) is 6.92 Å².